The number of methoxy groups -OCH3 is 1. The van der Waals surface area contributed by atoms with E-state index in [-0.39, 0.29) is 6.42 Å². The van der Waals surface area contributed by atoms with E-state index in [1.165, 1.54) is 13.4 Å². The molecule has 0 unspecified atom stereocenters. The maximum Gasteiger partial charge on any atom is 0.408 e. The Labute approximate surface area is 209 Å². The van der Waals surface area contributed by atoms with E-state index in [0.29, 0.717) is 12.1 Å². The Morgan fingerprint density at radius 1 is 0.972 bits per heavy atom. The number of hydrogen-bond donors (Lipinski definition) is 1. The Balaban J connectivity index is 1.52. The molecule has 2 aromatic heterocycles. The zero-order valence-electron chi connectivity index (χ0n) is 20.8. The van der Waals surface area contributed by atoms with E-state index in [2.05, 4.69) is 32.4 Å². The first kappa shape index (κ1) is 24.8. The van der Waals surface area contributed by atoms with Gasteiger partial charge in [-0.15, -0.1) is 0 Å². The fourth-order valence-corrected chi connectivity index (χ4v) is 3.81. The summed E-state index contributed by atoms with van der Waals surface area (Å²) in [4.78, 5) is 38.0. The van der Waals surface area contributed by atoms with Gasteiger partial charge in [-0.1, -0.05) is 54.6 Å². The number of ether oxygens (including phenoxy) is 2. The zero-order chi connectivity index (χ0) is 25.7. The van der Waals surface area contributed by atoms with E-state index >= 15 is 0 Å². The highest BCUT2D eigenvalue weighted by Crippen LogP contribution is 2.25. The number of esters is 1. The second kappa shape index (κ2) is 10.6. The summed E-state index contributed by atoms with van der Waals surface area (Å²) in [6.07, 6.45) is 2.88. The van der Waals surface area contributed by atoms with Crippen LogP contribution in [0.1, 0.15) is 31.9 Å². The van der Waals surface area contributed by atoms with Crippen LogP contribution < -0.4 is 5.32 Å². The number of nitrogens with zero attached hydrogens (tertiary/aromatic N) is 4. The molecule has 186 valence electrons. The average molecular weight is 488 g/mol. The number of carbonyl (C=O) groups is 2. The molecule has 0 aliphatic rings. The van der Waals surface area contributed by atoms with Crippen molar-refractivity contribution in [1.29, 1.82) is 0 Å². The normalized spacial score (nSPS) is 12.2. The standard InChI is InChI=1S/C27H29N5O4/c1-27(2,3)36-26(34)31-21(25(33)35-4)14-18-10-12-20(13-11-18)22-23-24(29-16-28-22)32(17-30-23)15-19-8-6-5-7-9-19/h5-13,16-17,21H,14-15H2,1-4H3,(H,31,34)/t21-/m0/s1. The molecule has 0 radical (unpaired) electrons. The molecule has 0 spiro atoms. The Morgan fingerprint density at radius 2 is 1.69 bits per heavy atom. The van der Waals surface area contributed by atoms with Crippen molar-refractivity contribution in [3.05, 3.63) is 78.4 Å². The largest absolute Gasteiger partial charge is 0.467 e. The Bertz CT molecular complexity index is 1340. The number of amides is 1. The van der Waals surface area contributed by atoms with Gasteiger partial charge >= 0.3 is 12.1 Å². The fourth-order valence-electron chi connectivity index (χ4n) is 3.81. The van der Waals surface area contributed by atoms with Gasteiger partial charge in [-0.05, 0) is 31.9 Å². The molecule has 0 aliphatic heterocycles. The molecule has 4 rings (SSSR count). The fraction of sp³-hybridized carbons (Fsp3) is 0.296. The minimum Gasteiger partial charge on any atom is -0.467 e. The van der Waals surface area contributed by atoms with Gasteiger partial charge in [0.05, 0.1) is 20.0 Å². The molecule has 0 saturated heterocycles. The Hall–Kier alpha value is -4.27. The minimum atomic E-state index is -0.879. The number of hydrogen-bond acceptors (Lipinski definition) is 7. The molecule has 2 aromatic carbocycles. The number of imidazole rings is 1. The lowest BCUT2D eigenvalue weighted by molar-refractivity contribution is -0.143. The van der Waals surface area contributed by atoms with Crippen molar-refractivity contribution in [2.75, 3.05) is 7.11 Å². The first-order valence-corrected chi connectivity index (χ1v) is 11.6. The molecule has 1 atom stereocenters. The van der Waals surface area contributed by atoms with Crippen LogP contribution in [0.25, 0.3) is 22.4 Å². The highest BCUT2D eigenvalue weighted by atomic mass is 16.6. The molecule has 0 bridgehead atoms. The van der Waals surface area contributed by atoms with Crippen LogP contribution in [0.2, 0.25) is 0 Å². The summed E-state index contributed by atoms with van der Waals surface area (Å²) in [5.74, 6) is -0.550. The lowest BCUT2D eigenvalue weighted by Crippen LogP contribution is -2.45. The lowest BCUT2D eigenvalue weighted by Gasteiger charge is -2.22. The van der Waals surface area contributed by atoms with Gasteiger partial charge in [-0.2, -0.15) is 0 Å². The molecular formula is C27H29N5O4. The third-order valence-electron chi connectivity index (χ3n) is 5.44. The maximum absolute atomic E-state index is 12.3. The van der Waals surface area contributed by atoms with Crippen LogP contribution in [-0.4, -0.2) is 50.3 Å². The number of rotatable bonds is 7. The van der Waals surface area contributed by atoms with Crippen LogP contribution in [0.4, 0.5) is 4.79 Å². The monoisotopic (exact) mass is 487 g/mol. The van der Waals surface area contributed by atoms with E-state index in [1.54, 1.807) is 27.1 Å². The molecule has 0 aliphatic carbocycles. The first-order valence-electron chi connectivity index (χ1n) is 11.6. The summed E-state index contributed by atoms with van der Waals surface area (Å²) in [5.41, 5.74) is 4.36. The molecular weight excluding hydrogens is 458 g/mol. The van der Waals surface area contributed by atoms with Crippen LogP contribution in [0.3, 0.4) is 0 Å². The van der Waals surface area contributed by atoms with Crippen molar-refractivity contribution in [2.24, 2.45) is 0 Å². The van der Waals surface area contributed by atoms with E-state index in [1.807, 2.05) is 47.0 Å². The third-order valence-corrected chi connectivity index (χ3v) is 5.44. The van der Waals surface area contributed by atoms with Gasteiger partial charge in [0, 0.05) is 12.0 Å². The maximum atomic E-state index is 12.3. The number of carbonyl (C=O) groups excluding carboxylic acids is 2. The highest BCUT2D eigenvalue weighted by Gasteiger charge is 2.25. The summed E-state index contributed by atoms with van der Waals surface area (Å²) < 4.78 is 12.1. The summed E-state index contributed by atoms with van der Waals surface area (Å²) in [6, 6.07) is 16.8. The summed E-state index contributed by atoms with van der Waals surface area (Å²) in [7, 11) is 1.28. The second-order valence-electron chi connectivity index (χ2n) is 9.38. The Morgan fingerprint density at radius 3 is 2.36 bits per heavy atom. The van der Waals surface area contributed by atoms with Crippen molar-refractivity contribution in [2.45, 2.75) is 45.4 Å². The summed E-state index contributed by atoms with van der Waals surface area (Å²) >= 11 is 0. The van der Waals surface area contributed by atoms with Crippen LogP contribution in [0.5, 0.6) is 0 Å². The summed E-state index contributed by atoms with van der Waals surface area (Å²) in [6.45, 7) is 5.93. The molecule has 9 nitrogen and oxygen atoms in total. The van der Waals surface area contributed by atoms with Gasteiger partial charge < -0.3 is 19.4 Å². The number of alkyl carbamates (subject to hydrolysis) is 1. The van der Waals surface area contributed by atoms with Crippen molar-refractivity contribution in [3.8, 4) is 11.3 Å². The second-order valence-corrected chi connectivity index (χ2v) is 9.38. The van der Waals surface area contributed by atoms with Gasteiger partial charge in [-0.25, -0.2) is 24.5 Å². The summed E-state index contributed by atoms with van der Waals surface area (Å²) in [5, 5.41) is 2.60. The topological polar surface area (TPSA) is 108 Å². The van der Waals surface area contributed by atoms with Crippen LogP contribution in [0.15, 0.2) is 67.3 Å². The molecule has 2 heterocycles. The predicted octanol–water partition coefficient (Wildman–Crippen LogP) is 4.15. The SMILES string of the molecule is COC(=O)[C@H](Cc1ccc(-c2ncnc3c2ncn3Cc2ccccc2)cc1)NC(=O)OC(C)(C)C. The van der Waals surface area contributed by atoms with Crippen LogP contribution in [0, 0.1) is 0 Å². The highest BCUT2D eigenvalue weighted by molar-refractivity contribution is 5.87. The van der Waals surface area contributed by atoms with Gasteiger partial charge in [0.1, 0.15) is 29.2 Å². The minimum absolute atomic E-state index is 0.247. The van der Waals surface area contributed by atoms with Gasteiger partial charge in [0.25, 0.3) is 0 Å². The van der Waals surface area contributed by atoms with Gasteiger partial charge in [-0.3, -0.25) is 0 Å². The molecule has 9 heteroatoms. The molecule has 36 heavy (non-hydrogen) atoms. The molecule has 0 saturated carbocycles. The quantitative estimate of drug-likeness (QED) is 0.390. The predicted molar refractivity (Wildman–Crippen MR) is 135 cm³/mol. The molecule has 1 N–H and O–H groups in total. The molecule has 0 fully saturated rings. The van der Waals surface area contributed by atoms with E-state index in [4.69, 9.17) is 9.47 Å². The molecule has 1 amide bonds. The Kier molecular flexibility index (Phi) is 7.28. The number of fused-ring (bicyclic) bond motifs is 1. The number of benzene rings is 2. The number of aromatic nitrogens is 4. The third kappa shape index (κ3) is 6.04. The first-order chi connectivity index (χ1) is 17.2. The van der Waals surface area contributed by atoms with E-state index < -0.39 is 23.7 Å². The smallest absolute Gasteiger partial charge is 0.408 e. The van der Waals surface area contributed by atoms with Crippen molar-refractivity contribution < 1.29 is 19.1 Å². The average Bonchev–Trinajstić information content (AvgIpc) is 3.26. The van der Waals surface area contributed by atoms with Gasteiger partial charge in [0.2, 0.25) is 0 Å². The van der Waals surface area contributed by atoms with Crippen molar-refractivity contribution in [3.63, 3.8) is 0 Å². The van der Waals surface area contributed by atoms with Crippen LogP contribution >= 0.6 is 0 Å². The van der Waals surface area contributed by atoms with Crippen molar-refractivity contribution >= 4 is 23.2 Å². The molecule has 4 aromatic rings. The van der Waals surface area contributed by atoms with E-state index in [0.717, 1.165) is 28.0 Å². The number of nitrogens with one attached hydrogen (secondary N) is 1. The van der Waals surface area contributed by atoms with Crippen LogP contribution in [-0.2, 0) is 27.2 Å². The van der Waals surface area contributed by atoms with Crippen molar-refractivity contribution in [1.82, 2.24) is 24.8 Å². The lowest BCUT2D eigenvalue weighted by atomic mass is 10.0. The van der Waals surface area contributed by atoms with Gasteiger partial charge in [0.15, 0.2) is 5.65 Å². The zero-order valence-corrected chi connectivity index (χ0v) is 20.8. The van der Waals surface area contributed by atoms with E-state index in [9.17, 15) is 9.59 Å².